The Morgan fingerprint density at radius 3 is 2.65 bits per heavy atom. The van der Waals surface area contributed by atoms with Gasteiger partial charge in [0.2, 0.25) is 0 Å². The Bertz CT molecular complexity index is 821. The molecule has 2 aromatic rings. The summed E-state index contributed by atoms with van der Waals surface area (Å²) in [6.07, 6.45) is 0. The van der Waals surface area contributed by atoms with Crippen LogP contribution in [0, 0.1) is 0 Å². The number of ether oxygens (including phenoxy) is 1. The molecule has 0 saturated carbocycles. The molecule has 2 aromatic carbocycles. The van der Waals surface area contributed by atoms with Crippen molar-refractivity contribution in [1.82, 2.24) is 4.90 Å². The van der Waals surface area contributed by atoms with E-state index >= 15 is 0 Å². The minimum atomic E-state index is -0.208. The van der Waals surface area contributed by atoms with Gasteiger partial charge in [0.15, 0.2) is 6.61 Å². The number of hydrogen-bond acceptors (Lipinski definition) is 4. The van der Waals surface area contributed by atoms with Crippen molar-refractivity contribution < 1.29 is 14.3 Å². The fourth-order valence-electron chi connectivity index (χ4n) is 2.63. The molecule has 0 unspecified atom stereocenters. The number of amides is 2. The van der Waals surface area contributed by atoms with Gasteiger partial charge in [-0.3, -0.25) is 9.59 Å². The molecule has 3 rings (SSSR count). The summed E-state index contributed by atoms with van der Waals surface area (Å²) in [5, 5.41) is 2.87. The predicted octanol–water partition coefficient (Wildman–Crippen LogP) is 2.99. The van der Waals surface area contributed by atoms with Crippen molar-refractivity contribution in [3.63, 3.8) is 0 Å². The maximum atomic E-state index is 12.4. The molecule has 0 atom stereocenters. The Labute approximate surface area is 160 Å². The Balaban J connectivity index is 1.81. The molecule has 1 N–H and O–H groups in total. The molecule has 0 saturated heterocycles. The smallest absolute Gasteiger partial charge is 0.265 e. The molecule has 26 heavy (non-hydrogen) atoms. The molecule has 6 nitrogen and oxygen atoms in total. The first-order valence-corrected chi connectivity index (χ1v) is 9.02. The molecule has 0 aliphatic carbocycles. The van der Waals surface area contributed by atoms with Gasteiger partial charge in [-0.15, -0.1) is 0 Å². The first-order chi connectivity index (χ1) is 12.4. The summed E-state index contributed by atoms with van der Waals surface area (Å²) < 4.78 is 6.42. The zero-order valence-electron chi connectivity index (χ0n) is 14.7. The molecule has 0 aromatic heterocycles. The number of fused-ring (bicyclic) bond motifs is 1. The number of carbonyl (C=O) groups excluding carboxylic acids is 2. The third-order valence-corrected chi connectivity index (χ3v) is 4.57. The standard InChI is InChI=1S/C19H20BrN3O3/c1-22(2)9-10-23-16-11-15(7-8-17(16)26-12-18(23)24)21-19(25)13-3-5-14(20)6-4-13/h3-8,11H,9-10,12H2,1-2H3,(H,21,25). The number of halogens is 1. The van der Waals surface area contributed by atoms with Crippen LogP contribution in [-0.2, 0) is 4.79 Å². The molecule has 7 heteroatoms. The number of nitrogens with one attached hydrogen (secondary N) is 1. The lowest BCUT2D eigenvalue weighted by atomic mass is 10.1. The molecule has 136 valence electrons. The lowest BCUT2D eigenvalue weighted by molar-refractivity contribution is -0.121. The van der Waals surface area contributed by atoms with Gasteiger partial charge in [0.25, 0.3) is 11.8 Å². The van der Waals surface area contributed by atoms with Crippen molar-refractivity contribution in [2.24, 2.45) is 0 Å². The summed E-state index contributed by atoms with van der Waals surface area (Å²) in [4.78, 5) is 28.4. The van der Waals surface area contributed by atoms with Crippen LogP contribution in [0.25, 0.3) is 0 Å². The molecule has 0 radical (unpaired) electrons. The SMILES string of the molecule is CN(C)CCN1C(=O)COc2ccc(NC(=O)c3ccc(Br)cc3)cc21. The lowest BCUT2D eigenvalue weighted by Crippen LogP contribution is -2.42. The van der Waals surface area contributed by atoms with Crippen molar-refractivity contribution in [2.75, 3.05) is 44.0 Å². The van der Waals surface area contributed by atoms with Gasteiger partial charge in [-0.2, -0.15) is 0 Å². The molecular formula is C19H20BrN3O3. The number of nitrogens with zero attached hydrogens (tertiary/aromatic N) is 2. The van der Waals surface area contributed by atoms with Crippen LogP contribution in [0.15, 0.2) is 46.9 Å². The fourth-order valence-corrected chi connectivity index (χ4v) is 2.89. The first kappa shape index (κ1) is 18.4. The van der Waals surface area contributed by atoms with Crippen LogP contribution < -0.4 is 15.0 Å². The highest BCUT2D eigenvalue weighted by Crippen LogP contribution is 2.34. The zero-order valence-corrected chi connectivity index (χ0v) is 16.2. The van der Waals surface area contributed by atoms with E-state index in [1.807, 2.05) is 31.1 Å². The number of likely N-dealkylation sites (N-methyl/N-ethyl adjacent to an activating group) is 1. The summed E-state index contributed by atoms with van der Waals surface area (Å²) in [6, 6.07) is 12.5. The Morgan fingerprint density at radius 1 is 1.23 bits per heavy atom. The monoisotopic (exact) mass is 417 g/mol. The summed E-state index contributed by atoms with van der Waals surface area (Å²) >= 11 is 3.35. The highest BCUT2D eigenvalue weighted by molar-refractivity contribution is 9.10. The summed E-state index contributed by atoms with van der Waals surface area (Å²) in [6.45, 7) is 1.33. The molecule has 0 bridgehead atoms. The van der Waals surface area contributed by atoms with Gasteiger partial charge in [0, 0.05) is 28.8 Å². The van der Waals surface area contributed by atoms with E-state index in [4.69, 9.17) is 4.74 Å². The second-order valence-corrected chi connectivity index (χ2v) is 7.20. The van der Waals surface area contributed by atoms with Crippen LogP contribution in [-0.4, -0.2) is 50.5 Å². The van der Waals surface area contributed by atoms with E-state index in [2.05, 4.69) is 21.2 Å². The molecular weight excluding hydrogens is 398 g/mol. The Hall–Kier alpha value is -2.38. The van der Waals surface area contributed by atoms with E-state index in [0.29, 0.717) is 29.2 Å². The topological polar surface area (TPSA) is 61.9 Å². The summed E-state index contributed by atoms with van der Waals surface area (Å²) in [5.74, 6) is 0.348. The van der Waals surface area contributed by atoms with Gasteiger partial charge in [0.1, 0.15) is 5.75 Å². The second kappa shape index (κ2) is 7.88. The average molecular weight is 418 g/mol. The Kier molecular flexibility index (Phi) is 5.58. The number of anilines is 2. The van der Waals surface area contributed by atoms with Crippen molar-refractivity contribution in [2.45, 2.75) is 0 Å². The molecule has 1 aliphatic heterocycles. The number of benzene rings is 2. The van der Waals surface area contributed by atoms with Crippen LogP contribution in [0.5, 0.6) is 5.75 Å². The quantitative estimate of drug-likeness (QED) is 0.811. The number of rotatable bonds is 5. The zero-order chi connectivity index (χ0) is 18.7. The lowest BCUT2D eigenvalue weighted by Gasteiger charge is -2.30. The summed E-state index contributed by atoms with van der Waals surface area (Å²) in [7, 11) is 3.92. The second-order valence-electron chi connectivity index (χ2n) is 6.28. The molecule has 0 fully saturated rings. The Morgan fingerprint density at radius 2 is 1.96 bits per heavy atom. The van der Waals surface area contributed by atoms with Gasteiger partial charge >= 0.3 is 0 Å². The van der Waals surface area contributed by atoms with E-state index < -0.39 is 0 Å². The highest BCUT2D eigenvalue weighted by Gasteiger charge is 2.25. The van der Waals surface area contributed by atoms with Gasteiger partial charge < -0.3 is 19.9 Å². The predicted molar refractivity (Wildman–Crippen MR) is 105 cm³/mol. The molecule has 2 amide bonds. The van der Waals surface area contributed by atoms with Crippen molar-refractivity contribution >= 4 is 39.1 Å². The van der Waals surface area contributed by atoms with E-state index in [1.165, 1.54) is 0 Å². The molecule has 1 aliphatic rings. The minimum absolute atomic E-state index is 0.0328. The summed E-state index contributed by atoms with van der Waals surface area (Å²) in [5.41, 5.74) is 1.85. The maximum Gasteiger partial charge on any atom is 0.265 e. The fraction of sp³-hybridized carbons (Fsp3) is 0.263. The van der Waals surface area contributed by atoms with Crippen molar-refractivity contribution in [1.29, 1.82) is 0 Å². The average Bonchev–Trinajstić information content (AvgIpc) is 2.61. The highest BCUT2D eigenvalue weighted by atomic mass is 79.9. The van der Waals surface area contributed by atoms with Crippen LogP contribution in [0.1, 0.15) is 10.4 Å². The molecule has 0 spiro atoms. The van der Waals surface area contributed by atoms with E-state index in [-0.39, 0.29) is 18.4 Å². The van der Waals surface area contributed by atoms with Crippen molar-refractivity contribution in [3.05, 3.63) is 52.5 Å². The number of hydrogen-bond donors (Lipinski definition) is 1. The maximum absolute atomic E-state index is 12.4. The first-order valence-electron chi connectivity index (χ1n) is 8.23. The number of carbonyl (C=O) groups is 2. The van der Waals surface area contributed by atoms with Crippen molar-refractivity contribution in [3.8, 4) is 5.75 Å². The normalized spacial score (nSPS) is 13.4. The third-order valence-electron chi connectivity index (χ3n) is 4.04. The third kappa shape index (κ3) is 4.23. The van der Waals surface area contributed by atoms with Gasteiger partial charge in [-0.05, 0) is 56.6 Å². The van der Waals surface area contributed by atoms with Gasteiger partial charge in [-0.25, -0.2) is 0 Å². The largest absolute Gasteiger partial charge is 0.482 e. The van der Waals surface area contributed by atoms with Crippen LogP contribution >= 0.6 is 15.9 Å². The van der Waals surface area contributed by atoms with Gasteiger partial charge in [0.05, 0.1) is 5.69 Å². The van der Waals surface area contributed by atoms with Crippen LogP contribution in [0.2, 0.25) is 0 Å². The van der Waals surface area contributed by atoms with E-state index in [0.717, 1.165) is 11.0 Å². The van der Waals surface area contributed by atoms with E-state index in [1.54, 1.807) is 35.2 Å². The molecule has 1 heterocycles. The van der Waals surface area contributed by atoms with Crippen LogP contribution in [0.4, 0.5) is 11.4 Å². The van der Waals surface area contributed by atoms with Crippen LogP contribution in [0.3, 0.4) is 0 Å². The van der Waals surface area contributed by atoms with E-state index in [9.17, 15) is 9.59 Å². The minimum Gasteiger partial charge on any atom is -0.482 e. The van der Waals surface area contributed by atoms with Gasteiger partial charge in [-0.1, -0.05) is 15.9 Å².